The zero-order valence-electron chi connectivity index (χ0n) is 8.81. The third-order valence-corrected chi connectivity index (χ3v) is 3.63. The second-order valence-corrected chi connectivity index (χ2v) is 4.59. The number of halogens is 3. The van der Waals surface area contributed by atoms with Crippen molar-refractivity contribution in [3.8, 4) is 0 Å². The highest BCUT2D eigenvalue weighted by Gasteiger charge is 2.35. The first-order valence-electron chi connectivity index (χ1n) is 5.23. The molecule has 1 heterocycles. The van der Waals surface area contributed by atoms with Crippen molar-refractivity contribution in [1.82, 2.24) is 0 Å². The molecule has 1 aromatic rings. The van der Waals surface area contributed by atoms with E-state index in [2.05, 4.69) is 0 Å². The van der Waals surface area contributed by atoms with Crippen LogP contribution in [0.2, 0.25) is 0 Å². The van der Waals surface area contributed by atoms with Gasteiger partial charge in [-0.25, -0.2) is 8.78 Å². The zero-order valence-corrected chi connectivity index (χ0v) is 9.57. The van der Waals surface area contributed by atoms with Crippen molar-refractivity contribution in [3.63, 3.8) is 0 Å². The lowest BCUT2D eigenvalue weighted by atomic mass is 9.83. The fourth-order valence-electron chi connectivity index (χ4n) is 2.03. The third-order valence-electron chi connectivity index (χ3n) is 3.07. The number of alkyl halides is 1. The predicted molar refractivity (Wildman–Crippen MR) is 58.7 cm³/mol. The molecule has 0 amide bonds. The molecule has 1 unspecified atom stereocenters. The molecule has 2 rings (SSSR count). The first-order valence-corrected chi connectivity index (χ1v) is 5.77. The maximum absolute atomic E-state index is 13.5. The van der Waals surface area contributed by atoms with Gasteiger partial charge in [0.05, 0.1) is 6.61 Å². The van der Waals surface area contributed by atoms with Crippen molar-refractivity contribution in [2.45, 2.75) is 12.8 Å². The van der Waals surface area contributed by atoms with E-state index in [1.165, 1.54) is 6.07 Å². The molecule has 1 nitrogen and oxygen atoms in total. The molecule has 0 radical (unpaired) electrons. The average Bonchev–Trinajstić information content (AvgIpc) is 2.74. The van der Waals surface area contributed by atoms with Crippen LogP contribution in [-0.2, 0) is 11.2 Å². The highest BCUT2D eigenvalue weighted by molar-refractivity contribution is 6.18. The molecule has 1 aromatic carbocycles. The smallest absolute Gasteiger partial charge is 0.162 e. The highest BCUT2D eigenvalue weighted by Crippen LogP contribution is 2.34. The molecule has 0 N–H and O–H groups in total. The van der Waals surface area contributed by atoms with E-state index in [4.69, 9.17) is 16.3 Å². The molecule has 4 heteroatoms. The number of benzene rings is 1. The Morgan fingerprint density at radius 1 is 1.38 bits per heavy atom. The lowest BCUT2D eigenvalue weighted by Crippen LogP contribution is -2.26. The van der Waals surface area contributed by atoms with Gasteiger partial charge in [0.25, 0.3) is 0 Å². The van der Waals surface area contributed by atoms with Crippen LogP contribution in [0.15, 0.2) is 18.2 Å². The minimum absolute atomic E-state index is 0.240. The van der Waals surface area contributed by atoms with Gasteiger partial charge in [-0.15, -0.1) is 11.6 Å². The fourth-order valence-corrected chi connectivity index (χ4v) is 2.34. The normalized spacial score (nSPS) is 24.9. The Balaban J connectivity index is 2.22. The monoisotopic (exact) mass is 246 g/mol. The van der Waals surface area contributed by atoms with Crippen molar-refractivity contribution in [3.05, 3.63) is 35.4 Å². The molecular weight excluding hydrogens is 234 g/mol. The summed E-state index contributed by atoms with van der Waals surface area (Å²) in [6.45, 7) is 1.16. The van der Waals surface area contributed by atoms with Gasteiger partial charge in [0.2, 0.25) is 0 Å². The van der Waals surface area contributed by atoms with E-state index in [9.17, 15) is 8.78 Å². The summed E-state index contributed by atoms with van der Waals surface area (Å²) in [7, 11) is 0. The summed E-state index contributed by atoms with van der Waals surface area (Å²) in [5.74, 6) is -1.16. The summed E-state index contributed by atoms with van der Waals surface area (Å²) in [4.78, 5) is 0. The topological polar surface area (TPSA) is 9.23 Å². The van der Waals surface area contributed by atoms with Crippen molar-refractivity contribution in [1.29, 1.82) is 0 Å². The first-order chi connectivity index (χ1) is 7.67. The summed E-state index contributed by atoms with van der Waals surface area (Å²) < 4.78 is 31.8. The van der Waals surface area contributed by atoms with E-state index in [1.807, 2.05) is 0 Å². The largest absolute Gasteiger partial charge is 0.381 e. The quantitative estimate of drug-likeness (QED) is 0.745. The molecule has 0 aromatic heterocycles. The molecule has 88 valence electrons. The van der Waals surface area contributed by atoms with Crippen LogP contribution in [0.25, 0.3) is 0 Å². The molecule has 1 fully saturated rings. The van der Waals surface area contributed by atoms with Crippen LogP contribution >= 0.6 is 11.6 Å². The van der Waals surface area contributed by atoms with Gasteiger partial charge in [-0.1, -0.05) is 12.1 Å². The second kappa shape index (κ2) is 4.68. The van der Waals surface area contributed by atoms with Crippen LogP contribution < -0.4 is 0 Å². The molecule has 0 aliphatic carbocycles. The Hall–Kier alpha value is -0.670. The minimum atomic E-state index is -0.805. The summed E-state index contributed by atoms with van der Waals surface area (Å²) in [5.41, 5.74) is 0.141. The summed E-state index contributed by atoms with van der Waals surface area (Å²) in [5, 5.41) is 0. The minimum Gasteiger partial charge on any atom is -0.381 e. The molecule has 0 bridgehead atoms. The van der Waals surface area contributed by atoms with Crippen LogP contribution in [0.4, 0.5) is 8.78 Å². The van der Waals surface area contributed by atoms with Gasteiger partial charge in [-0.2, -0.15) is 0 Å². The van der Waals surface area contributed by atoms with E-state index < -0.39 is 11.6 Å². The Labute approximate surface area is 98.4 Å². The lowest BCUT2D eigenvalue weighted by Gasteiger charge is -2.24. The first kappa shape index (κ1) is 11.8. The Morgan fingerprint density at radius 2 is 2.19 bits per heavy atom. The summed E-state index contributed by atoms with van der Waals surface area (Å²) >= 11 is 5.91. The van der Waals surface area contributed by atoms with Crippen LogP contribution in [0.3, 0.4) is 0 Å². The van der Waals surface area contributed by atoms with Crippen molar-refractivity contribution >= 4 is 11.6 Å². The van der Waals surface area contributed by atoms with Gasteiger partial charge in [0.15, 0.2) is 11.6 Å². The number of rotatable bonds is 3. The lowest BCUT2D eigenvalue weighted by molar-refractivity contribution is 0.160. The van der Waals surface area contributed by atoms with Crippen LogP contribution in [0, 0.1) is 17.0 Å². The standard InChI is InChI=1S/C12H13ClF2O/c13-7-12(4-5-16-8-12)6-9-2-1-3-10(14)11(9)15/h1-3H,4-8H2. The van der Waals surface area contributed by atoms with Crippen molar-refractivity contribution in [2.75, 3.05) is 19.1 Å². The van der Waals surface area contributed by atoms with Crippen LogP contribution in [0.5, 0.6) is 0 Å². The maximum atomic E-state index is 13.5. The molecule has 1 aliphatic heterocycles. The van der Waals surface area contributed by atoms with Gasteiger partial charge in [0.1, 0.15) is 0 Å². The van der Waals surface area contributed by atoms with Crippen LogP contribution in [0.1, 0.15) is 12.0 Å². The molecule has 1 aliphatic rings. The van der Waals surface area contributed by atoms with Gasteiger partial charge in [-0.05, 0) is 24.5 Å². The summed E-state index contributed by atoms with van der Waals surface area (Å²) in [6.07, 6.45) is 1.23. The predicted octanol–water partition coefficient (Wildman–Crippen LogP) is 3.15. The summed E-state index contributed by atoms with van der Waals surface area (Å²) in [6, 6.07) is 4.24. The highest BCUT2D eigenvalue weighted by atomic mass is 35.5. The maximum Gasteiger partial charge on any atom is 0.162 e. The Kier molecular flexibility index (Phi) is 3.45. The SMILES string of the molecule is Fc1cccc(CC2(CCl)CCOC2)c1F. The van der Waals surface area contributed by atoms with E-state index in [-0.39, 0.29) is 5.41 Å². The van der Waals surface area contributed by atoms with Crippen LogP contribution in [-0.4, -0.2) is 19.1 Å². The van der Waals surface area contributed by atoms with Gasteiger partial charge >= 0.3 is 0 Å². The van der Waals surface area contributed by atoms with Gasteiger partial charge < -0.3 is 4.74 Å². The molecule has 16 heavy (non-hydrogen) atoms. The number of hydrogen-bond donors (Lipinski definition) is 0. The fraction of sp³-hybridized carbons (Fsp3) is 0.500. The van der Waals surface area contributed by atoms with E-state index in [0.29, 0.717) is 31.1 Å². The molecule has 1 saturated heterocycles. The molecule has 0 saturated carbocycles. The van der Waals surface area contributed by atoms with E-state index >= 15 is 0 Å². The number of hydrogen-bond acceptors (Lipinski definition) is 1. The molecule has 0 spiro atoms. The number of ether oxygens (including phenoxy) is 1. The average molecular weight is 247 g/mol. The Bertz CT molecular complexity index is 375. The van der Waals surface area contributed by atoms with E-state index in [0.717, 1.165) is 12.5 Å². The van der Waals surface area contributed by atoms with E-state index in [1.54, 1.807) is 6.07 Å². The zero-order chi connectivity index (χ0) is 11.6. The molecular formula is C12H13ClF2O. The van der Waals surface area contributed by atoms with Crippen molar-refractivity contribution < 1.29 is 13.5 Å². The van der Waals surface area contributed by atoms with Gasteiger partial charge in [0, 0.05) is 17.9 Å². The Morgan fingerprint density at radius 3 is 2.81 bits per heavy atom. The second-order valence-electron chi connectivity index (χ2n) is 4.33. The molecule has 1 atom stereocenters. The van der Waals surface area contributed by atoms with Gasteiger partial charge in [-0.3, -0.25) is 0 Å². The third kappa shape index (κ3) is 2.20. The van der Waals surface area contributed by atoms with Crippen molar-refractivity contribution in [2.24, 2.45) is 5.41 Å².